The number of halogens is 4. The molecule has 0 aliphatic carbocycles. The van der Waals surface area contributed by atoms with Gasteiger partial charge in [-0.15, -0.1) is 0 Å². The Morgan fingerprint density at radius 2 is 0.712 bits per heavy atom. The minimum absolute atomic E-state index is 0.861. The number of para-hydroxylation sites is 2. The SMILES string of the molecule is CN(C)c1ccccc1C[CH]=[Ru]([Cl])[Cl].CN(C)c1ccccc1[CH]=[Ru]([Cl])[Cl].Cc1cc(C)c(N2[CH-]N(c3c(C)cc(C)cc3C)CC2)c(C)c1.Cc1cc(C)c(N2[CH-]N(c3c(C)cc(C)cc3C)CC2)c(C)c1. The zero-order chi connectivity index (χ0) is 53.8. The standard InChI is InChI=1S/2C21H27N2.C10H13N.C9H11N.4ClH.2Ru/c2*1-14-9-16(3)20(17(4)10-14)22-7-8-23(13-22)21-18(5)11-15(2)12-19(21)6;1-4-9-7-5-6-8-10(9)11(2)3;1-8-6-4-5-7-9(8)10(2)3;;;;;;/h2*9-13H,7-8H2,1-6H3;1,5-8H,4H2,2-3H3;1,4-7H,2-3H3;4*1H;;/q2*-1;;;;;;;2*+2/p-4. The van der Waals surface area contributed by atoms with Crippen LogP contribution in [0.1, 0.15) is 77.9 Å². The molecule has 0 N–H and O–H groups in total. The van der Waals surface area contributed by atoms with E-state index in [1.807, 2.05) is 67.7 Å². The van der Waals surface area contributed by atoms with Gasteiger partial charge in [0.2, 0.25) is 0 Å². The molecule has 0 unspecified atom stereocenters. The van der Waals surface area contributed by atoms with Gasteiger partial charge in [0.1, 0.15) is 0 Å². The van der Waals surface area contributed by atoms with Crippen molar-refractivity contribution in [2.24, 2.45) is 0 Å². The fourth-order valence-corrected chi connectivity index (χ4v) is 13.6. The quantitative estimate of drug-likeness (QED) is 0.105. The van der Waals surface area contributed by atoms with Crippen LogP contribution in [0.3, 0.4) is 0 Å². The van der Waals surface area contributed by atoms with Gasteiger partial charge in [0, 0.05) is 48.9 Å². The van der Waals surface area contributed by atoms with Gasteiger partial charge in [0.05, 0.1) is 0 Å². The van der Waals surface area contributed by atoms with E-state index >= 15 is 0 Å². The summed E-state index contributed by atoms with van der Waals surface area (Å²) in [5.74, 6) is 0. The van der Waals surface area contributed by atoms with E-state index in [0.717, 1.165) is 43.9 Å². The van der Waals surface area contributed by atoms with Gasteiger partial charge in [-0.1, -0.05) is 70.8 Å². The van der Waals surface area contributed by atoms with Gasteiger partial charge in [-0.25, -0.2) is 0 Å². The minimum Gasteiger partial charge on any atom is -0.502 e. The molecule has 6 aromatic carbocycles. The molecule has 2 saturated heterocycles. The summed E-state index contributed by atoms with van der Waals surface area (Å²) in [6, 6.07) is 34.6. The molecule has 6 aromatic rings. The third kappa shape index (κ3) is 16.9. The molecule has 0 amide bonds. The topological polar surface area (TPSA) is 19.4 Å². The van der Waals surface area contributed by atoms with E-state index in [0.29, 0.717) is 0 Å². The van der Waals surface area contributed by atoms with Crippen molar-refractivity contribution in [2.45, 2.75) is 89.5 Å². The van der Waals surface area contributed by atoms with Crippen LogP contribution in [0, 0.1) is 96.4 Å². The number of nitrogens with zero attached hydrogens (tertiary/aromatic N) is 6. The van der Waals surface area contributed by atoms with Crippen molar-refractivity contribution in [3.05, 3.63) is 188 Å². The summed E-state index contributed by atoms with van der Waals surface area (Å²) in [5, 5.41) is 0. The van der Waals surface area contributed by atoms with E-state index in [4.69, 9.17) is 38.8 Å². The van der Waals surface area contributed by atoms with Crippen LogP contribution in [-0.2, 0) is 33.5 Å². The number of benzene rings is 6. The zero-order valence-corrected chi connectivity index (χ0v) is 52.5. The molecule has 0 bridgehead atoms. The van der Waals surface area contributed by atoms with Crippen LogP contribution >= 0.6 is 38.8 Å². The van der Waals surface area contributed by atoms with Gasteiger partial charge >= 0.3 is 190 Å². The zero-order valence-electron chi connectivity index (χ0n) is 46.0. The van der Waals surface area contributed by atoms with Gasteiger partial charge in [-0.05, 0) is 128 Å². The van der Waals surface area contributed by atoms with Crippen LogP contribution in [0.25, 0.3) is 0 Å². The first-order valence-electron chi connectivity index (χ1n) is 24.7. The Labute approximate surface area is 466 Å². The predicted molar refractivity (Wildman–Crippen MR) is 320 cm³/mol. The molecule has 0 aromatic heterocycles. The van der Waals surface area contributed by atoms with Gasteiger partial charge in [0.25, 0.3) is 0 Å². The normalized spacial score (nSPS) is 13.3. The first kappa shape index (κ1) is 60.1. The van der Waals surface area contributed by atoms with Crippen LogP contribution < -0.4 is 29.4 Å². The molecule has 2 heterocycles. The molecule has 73 heavy (non-hydrogen) atoms. The van der Waals surface area contributed by atoms with Crippen LogP contribution in [0.5, 0.6) is 0 Å². The molecule has 6 nitrogen and oxygen atoms in total. The largest absolute Gasteiger partial charge is 0.502 e. The van der Waals surface area contributed by atoms with E-state index in [-0.39, 0.29) is 0 Å². The first-order chi connectivity index (χ1) is 34.4. The molecular weight excluding hydrogens is 1160 g/mol. The summed E-state index contributed by atoms with van der Waals surface area (Å²) >= 11 is -3.34. The van der Waals surface area contributed by atoms with Gasteiger partial charge in [-0.3, -0.25) is 0 Å². The summed E-state index contributed by atoms with van der Waals surface area (Å²) in [6.07, 6.45) is 0.861. The van der Waals surface area contributed by atoms with E-state index in [9.17, 15) is 0 Å². The Morgan fingerprint density at radius 1 is 0.425 bits per heavy atom. The maximum absolute atomic E-state index is 5.82. The Hall–Kier alpha value is -3.73. The second-order valence-electron chi connectivity index (χ2n) is 19.8. The third-order valence-electron chi connectivity index (χ3n) is 12.9. The smallest absolute Gasteiger partial charge is 0.0146 e. The molecule has 0 spiro atoms. The Kier molecular flexibility index (Phi) is 23.0. The van der Waals surface area contributed by atoms with E-state index in [1.54, 1.807) is 0 Å². The van der Waals surface area contributed by atoms with Crippen LogP contribution in [0.4, 0.5) is 34.1 Å². The average Bonchev–Trinajstić information content (AvgIpc) is 3.96. The maximum atomic E-state index is 5.82. The summed E-state index contributed by atoms with van der Waals surface area (Å²) in [7, 11) is 31.3. The molecule has 0 radical (unpaired) electrons. The number of hydrogen-bond acceptors (Lipinski definition) is 6. The summed E-state index contributed by atoms with van der Waals surface area (Å²) in [4.78, 5) is 13.8. The molecule has 0 saturated carbocycles. The van der Waals surface area contributed by atoms with E-state index < -0.39 is 27.0 Å². The molecule has 0 atom stereocenters. The fraction of sp³-hybridized carbons (Fsp3) is 0.344. The van der Waals surface area contributed by atoms with Gasteiger partial charge < -0.3 is 19.6 Å². The number of hydrogen-bond donors (Lipinski definition) is 0. The minimum atomic E-state index is -1.71. The molecule has 398 valence electrons. The van der Waals surface area contributed by atoms with Crippen molar-refractivity contribution >= 4 is 82.1 Å². The number of aryl methyl sites for hydroxylation is 12. The van der Waals surface area contributed by atoms with Crippen molar-refractivity contribution in [3.8, 4) is 0 Å². The van der Waals surface area contributed by atoms with E-state index in [1.165, 1.54) is 101 Å². The molecule has 2 aliphatic rings. The Balaban J connectivity index is 0.000000187. The summed E-state index contributed by atoms with van der Waals surface area (Å²) < 4.78 is 3.98. The van der Waals surface area contributed by atoms with Crippen molar-refractivity contribution < 1.29 is 27.0 Å². The van der Waals surface area contributed by atoms with Gasteiger partial charge in [-0.2, -0.15) is 13.3 Å². The second-order valence-corrected chi connectivity index (χ2v) is 31.5. The summed E-state index contributed by atoms with van der Waals surface area (Å²) in [5.41, 5.74) is 26.5. The molecular formula is C61H78Cl4N6Ru2-2. The van der Waals surface area contributed by atoms with Crippen molar-refractivity contribution in [1.29, 1.82) is 0 Å². The number of anilines is 6. The van der Waals surface area contributed by atoms with E-state index in [2.05, 4.69) is 193 Å². The average molecular weight is 1240 g/mol. The van der Waals surface area contributed by atoms with Crippen LogP contribution in [0.2, 0.25) is 0 Å². The third-order valence-corrected chi connectivity index (χ3v) is 16.9. The van der Waals surface area contributed by atoms with Crippen LogP contribution in [0.15, 0.2) is 97.1 Å². The fourth-order valence-electron chi connectivity index (χ4n) is 10.5. The predicted octanol–water partition coefficient (Wildman–Crippen LogP) is 15.8. The first-order valence-corrected chi connectivity index (χ1v) is 35.7. The van der Waals surface area contributed by atoms with Crippen molar-refractivity contribution in [3.63, 3.8) is 0 Å². The Bertz CT molecular complexity index is 2560. The number of rotatable bonds is 9. The molecule has 2 fully saturated rings. The molecule has 8 rings (SSSR count). The van der Waals surface area contributed by atoms with Gasteiger partial charge in [0.15, 0.2) is 0 Å². The second kappa shape index (κ2) is 27.9. The molecule has 2 aliphatic heterocycles. The maximum Gasteiger partial charge on any atom is 0.0146 e. The van der Waals surface area contributed by atoms with Crippen molar-refractivity contribution in [1.82, 2.24) is 0 Å². The molecule has 12 heteroatoms. The van der Waals surface area contributed by atoms with Crippen molar-refractivity contribution in [2.75, 3.05) is 83.8 Å². The van der Waals surface area contributed by atoms with Crippen LogP contribution in [-0.4, -0.2) is 63.6 Å². The Morgan fingerprint density at radius 3 is 1.00 bits per heavy atom. The summed E-state index contributed by atoms with van der Waals surface area (Å²) in [6.45, 7) is 35.1. The monoisotopic (exact) mass is 1240 g/mol.